The van der Waals surface area contributed by atoms with Gasteiger partial charge in [-0.2, -0.15) is 0 Å². The van der Waals surface area contributed by atoms with E-state index in [1.807, 2.05) is 36.4 Å². The van der Waals surface area contributed by atoms with Crippen molar-refractivity contribution in [3.63, 3.8) is 0 Å². The van der Waals surface area contributed by atoms with E-state index in [1.54, 1.807) is 0 Å². The predicted molar refractivity (Wildman–Crippen MR) is 224 cm³/mol. The SMILES string of the molecule is c1ccc(-c2ccc(-c3nc(-c4ccccc4)nc(-c4ccc5c(c4)oc4cc(-c6cccc7c6-c6ccccc6C76CCCCC6)ccc45)n3)cc2)cc1. The van der Waals surface area contributed by atoms with Crippen molar-refractivity contribution in [1.82, 2.24) is 15.0 Å². The number of hydrogen-bond donors (Lipinski definition) is 0. The summed E-state index contributed by atoms with van der Waals surface area (Å²) in [4.78, 5) is 15.0. The Morgan fingerprint density at radius 2 is 0.873 bits per heavy atom. The summed E-state index contributed by atoms with van der Waals surface area (Å²) >= 11 is 0. The fourth-order valence-corrected chi connectivity index (χ4v) is 9.32. The molecule has 0 saturated heterocycles. The minimum absolute atomic E-state index is 0.126. The highest BCUT2D eigenvalue weighted by Crippen LogP contribution is 2.58. The van der Waals surface area contributed by atoms with Crippen LogP contribution in [0, 0.1) is 0 Å². The Bertz CT molecular complexity index is 2890. The summed E-state index contributed by atoms with van der Waals surface area (Å²) in [5.74, 6) is 1.87. The maximum absolute atomic E-state index is 6.69. The summed E-state index contributed by atoms with van der Waals surface area (Å²) in [7, 11) is 0. The molecule has 2 heterocycles. The van der Waals surface area contributed by atoms with Gasteiger partial charge in [0, 0.05) is 32.9 Å². The minimum Gasteiger partial charge on any atom is -0.456 e. The summed E-state index contributed by atoms with van der Waals surface area (Å²) in [6, 6.07) is 58.0. The molecular formula is C51H37N3O. The summed E-state index contributed by atoms with van der Waals surface area (Å²) in [5, 5.41) is 2.17. The van der Waals surface area contributed by atoms with Crippen LogP contribution in [0.1, 0.15) is 43.2 Å². The molecule has 0 radical (unpaired) electrons. The number of nitrogens with zero attached hydrogens (tertiary/aromatic N) is 3. The van der Waals surface area contributed by atoms with Crippen LogP contribution < -0.4 is 0 Å². The summed E-state index contributed by atoms with van der Waals surface area (Å²) in [5.41, 5.74) is 15.1. The first kappa shape index (κ1) is 31.8. The first-order valence-corrected chi connectivity index (χ1v) is 19.4. The maximum atomic E-state index is 6.69. The van der Waals surface area contributed by atoms with Crippen LogP contribution in [0.15, 0.2) is 168 Å². The number of furan rings is 1. The van der Waals surface area contributed by atoms with E-state index in [2.05, 4.69) is 127 Å². The van der Waals surface area contributed by atoms with Gasteiger partial charge in [-0.05, 0) is 81.6 Å². The quantitative estimate of drug-likeness (QED) is 0.179. The highest BCUT2D eigenvalue weighted by atomic mass is 16.3. The summed E-state index contributed by atoms with van der Waals surface area (Å²) in [6.45, 7) is 0. The van der Waals surface area contributed by atoms with Gasteiger partial charge in [-0.3, -0.25) is 0 Å². The maximum Gasteiger partial charge on any atom is 0.164 e. The highest BCUT2D eigenvalue weighted by Gasteiger charge is 2.44. The third-order valence-electron chi connectivity index (χ3n) is 12.0. The molecule has 4 heteroatoms. The predicted octanol–water partition coefficient (Wildman–Crippen LogP) is 13.3. The third-order valence-corrected chi connectivity index (χ3v) is 12.0. The fourth-order valence-electron chi connectivity index (χ4n) is 9.32. The van der Waals surface area contributed by atoms with Crippen LogP contribution in [-0.4, -0.2) is 15.0 Å². The molecule has 2 aliphatic rings. The zero-order chi connectivity index (χ0) is 36.3. The molecule has 0 N–H and O–H groups in total. The molecule has 55 heavy (non-hydrogen) atoms. The van der Waals surface area contributed by atoms with Crippen LogP contribution in [0.5, 0.6) is 0 Å². The van der Waals surface area contributed by atoms with Crippen LogP contribution in [0.3, 0.4) is 0 Å². The first-order valence-electron chi connectivity index (χ1n) is 19.4. The molecule has 0 atom stereocenters. The van der Waals surface area contributed by atoms with Gasteiger partial charge < -0.3 is 4.42 Å². The van der Waals surface area contributed by atoms with E-state index in [4.69, 9.17) is 19.4 Å². The monoisotopic (exact) mass is 707 g/mol. The second-order valence-corrected chi connectivity index (χ2v) is 15.1. The van der Waals surface area contributed by atoms with Crippen LogP contribution in [-0.2, 0) is 5.41 Å². The van der Waals surface area contributed by atoms with E-state index in [9.17, 15) is 0 Å². The van der Waals surface area contributed by atoms with Crippen LogP contribution >= 0.6 is 0 Å². The van der Waals surface area contributed by atoms with E-state index >= 15 is 0 Å². The Kier molecular flexibility index (Phi) is 7.38. The molecule has 1 saturated carbocycles. The molecule has 0 unspecified atom stereocenters. The van der Waals surface area contributed by atoms with E-state index in [0.717, 1.165) is 44.2 Å². The van der Waals surface area contributed by atoms with E-state index < -0.39 is 0 Å². The van der Waals surface area contributed by atoms with E-state index in [1.165, 1.54) is 71.0 Å². The van der Waals surface area contributed by atoms with Crippen molar-refractivity contribution < 1.29 is 4.42 Å². The fraction of sp³-hybridized carbons (Fsp3) is 0.118. The van der Waals surface area contributed by atoms with E-state index in [0.29, 0.717) is 17.5 Å². The highest BCUT2D eigenvalue weighted by molar-refractivity contribution is 6.07. The number of aromatic nitrogens is 3. The van der Waals surface area contributed by atoms with Crippen LogP contribution in [0.25, 0.3) is 89.5 Å². The average Bonchev–Trinajstić information content (AvgIpc) is 3.76. The van der Waals surface area contributed by atoms with Crippen LogP contribution in [0.2, 0.25) is 0 Å². The first-order chi connectivity index (χ1) is 27.2. The number of benzene rings is 7. The van der Waals surface area contributed by atoms with Gasteiger partial charge in [0.05, 0.1) is 0 Å². The molecule has 1 fully saturated rings. The summed E-state index contributed by atoms with van der Waals surface area (Å²) < 4.78 is 6.69. The van der Waals surface area contributed by atoms with Gasteiger partial charge in [-0.1, -0.05) is 159 Å². The van der Waals surface area contributed by atoms with Gasteiger partial charge in [0.25, 0.3) is 0 Å². The van der Waals surface area contributed by atoms with Crippen molar-refractivity contribution in [3.05, 3.63) is 175 Å². The number of fused-ring (bicyclic) bond motifs is 8. The van der Waals surface area contributed by atoms with Crippen molar-refractivity contribution in [2.45, 2.75) is 37.5 Å². The molecular weight excluding hydrogens is 671 g/mol. The standard InChI is InChI=1S/C51H37N3O/c1-4-13-33(14-5-1)34-21-23-36(24-22-34)49-52-48(35-15-6-2-7-16-35)53-50(54-49)38-26-28-41-40-27-25-37(31-45(40)55-46(41)32-38)39-18-12-20-44-47(39)42-17-8-9-19-43(42)51(44)29-10-3-11-30-51/h1-2,4-9,12-28,31-32H,3,10-11,29-30H2. The Morgan fingerprint density at radius 3 is 1.58 bits per heavy atom. The van der Waals surface area contributed by atoms with Crippen molar-refractivity contribution in [1.29, 1.82) is 0 Å². The van der Waals surface area contributed by atoms with Crippen LogP contribution in [0.4, 0.5) is 0 Å². The lowest BCUT2D eigenvalue weighted by Gasteiger charge is -2.36. The molecule has 4 nitrogen and oxygen atoms in total. The Labute approximate surface area is 320 Å². The molecule has 2 aromatic heterocycles. The van der Waals surface area contributed by atoms with Crippen molar-refractivity contribution in [2.75, 3.05) is 0 Å². The van der Waals surface area contributed by atoms with Gasteiger partial charge >= 0.3 is 0 Å². The van der Waals surface area contributed by atoms with Crippen molar-refractivity contribution in [2.24, 2.45) is 0 Å². The Balaban J connectivity index is 0.999. The van der Waals surface area contributed by atoms with Gasteiger partial charge in [-0.15, -0.1) is 0 Å². The van der Waals surface area contributed by atoms with Gasteiger partial charge in [0.2, 0.25) is 0 Å². The van der Waals surface area contributed by atoms with Gasteiger partial charge in [0.15, 0.2) is 17.5 Å². The topological polar surface area (TPSA) is 51.8 Å². The molecule has 1 spiro atoms. The molecule has 9 aromatic rings. The third kappa shape index (κ3) is 5.24. The van der Waals surface area contributed by atoms with Gasteiger partial charge in [0.1, 0.15) is 11.2 Å². The normalized spacial score (nSPS) is 14.3. The van der Waals surface area contributed by atoms with Gasteiger partial charge in [-0.25, -0.2) is 15.0 Å². The largest absolute Gasteiger partial charge is 0.456 e. The molecule has 0 aliphatic heterocycles. The summed E-state index contributed by atoms with van der Waals surface area (Å²) in [6.07, 6.45) is 6.34. The van der Waals surface area contributed by atoms with E-state index in [-0.39, 0.29) is 5.41 Å². The second kappa shape index (κ2) is 12.7. The molecule has 262 valence electrons. The smallest absolute Gasteiger partial charge is 0.164 e. The lowest BCUT2D eigenvalue weighted by Crippen LogP contribution is -2.27. The Morgan fingerprint density at radius 1 is 0.382 bits per heavy atom. The Hall–Kier alpha value is -6.65. The zero-order valence-electron chi connectivity index (χ0n) is 30.4. The number of rotatable bonds is 5. The zero-order valence-corrected chi connectivity index (χ0v) is 30.4. The van der Waals surface area contributed by atoms with Crippen molar-refractivity contribution >= 4 is 21.9 Å². The molecule has 2 aliphatic carbocycles. The average molecular weight is 708 g/mol. The molecule has 7 aromatic carbocycles. The molecule has 0 bridgehead atoms. The van der Waals surface area contributed by atoms with Crippen molar-refractivity contribution in [3.8, 4) is 67.5 Å². The lowest BCUT2D eigenvalue weighted by atomic mass is 9.68. The lowest BCUT2D eigenvalue weighted by molar-refractivity contribution is 0.353. The second-order valence-electron chi connectivity index (χ2n) is 15.1. The number of hydrogen-bond acceptors (Lipinski definition) is 4. The minimum atomic E-state index is 0.126. The molecule has 0 amide bonds. The molecule has 11 rings (SSSR count).